The Morgan fingerprint density at radius 1 is 1.21 bits per heavy atom. The standard InChI is InChI=1S/C18H19N6/c1-2-10-24-17(13-23-11-4-3-5-18(23)24)16-8-6-15(7-9-16)12-21-22-14-20-19/h2-9,11-14H,1,10,19H2,(H,20,22)/q+1/b21-12-. The summed E-state index contributed by atoms with van der Waals surface area (Å²) in [5.74, 6) is 4.98. The summed E-state index contributed by atoms with van der Waals surface area (Å²) in [6, 6.07) is 14.3. The predicted octanol–water partition coefficient (Wildman–Crippen LogP) is 1.91. The van der Waals surface area contributed by atoms with Crippen molar-refractivity contribution in [1.29, 1.82) is 0 Å². The van der Waals surface area contributed by atoms with Crippen LogP contribution in [0.5, 0.6) is 0 Å². The maximum Gasteiger partial charge on any atom is 0.286 e. The highest BCUT2D eigenvalue weighted by Gasteiger charge is 2.17. The monoisotopic (exact) mass is 319 g/mol. The number of hydrogen-bond donors (Lipinski definition) is 2. The van der Waals surface area contributed by atoms with Crippen LogP contribution >= 0.6 is 0 Å². The fourth-order valence-corrected chi connectivity index (χ4v) is 2.58. The molecule has 0 saturated heterocycles. The molecule has 0 aliphatic rings. The van der Waals surface area contributed by atoms with Crippen molar-refractivity contribution in [2.45, 2.75) is 6.54 Å². The highest BCUT2D eigenvalue weighted by Crippen LogP contribution is 2.21. The Bertz CT molecular complexity index is 890. The first-order valence-electron chi connectivity index (χ1n) is 7.54. The minimum atomic E-state index is 0.751. The molecule has 0 radical (unpaired) electrons. The van der Waals surface area contributed by atoms with Crippen LogP contribution < -0.4 is 15.7 Å². The lowest BCUT2D eigenvalue weighted by molar-refractivity contribution is -0.510. The Morgan fingerprint density at radius 3 is 2.79 bits per heavy atom. The molecule has 0 saturated carbocycles. The molecule has 0 spiro atoms. The van der Waals surface area contributed by atoms with Gasteiger partial charge in [0.1, 0.15) is 19.1 Å². The number of nitrogens with two attached hydrogens (primary N) is 1. The van der Waals surface area contributed by atoms with Crippen molar-refractivity contribution in [2.24, 2.45) is 16.0 Å². The van der Waals surface area contributed by atoms with E-state index in [2.05, 4.69) is 55.6 Å². The second-order valence-corrected chi connectivity index (χ2v) is 5.17. The average molecular weight is 319 g/mol. The Kier molecular flexibility index (Phi) is 4.67. The lowest BCUT2D eigenvalue weighted by Crippen LogP contribution is -2.17. The third-order valence-electron chi connectivity index (χ3n) is 3.63. The molecule has 6 heteroatoms. The Labute approximate surface area is 140 Å². The summed E-state index contributed by atoms with van der Waals surface area (Å²) >= 11 is 0. The van der Waals surface area contributed by atoms with Crippen LogP contribution in [0.2, 0.25) is 0 Å². The second-order valence-electron chi connectivity index (χ2n) is 5.17. The lowest BCUT2D eigenvalue weighted by atomic mass is 10.1. The van der Waals surface area contributed by atoms with Crippen molar-refractivity contribution in [3.05, 3.63) is 73.1 Å². The smallest absolute Gasteiger partial charge is 0.286 e. The number of imidazole rings is 1. The van der Waals surface area contributed by atoms with Crippen LogP contribution in [0.4, 0.5) is 0 Å². The largest absolute Gasteiger partial charge is 0.322 e. The van der Waals surface area contributed by atoms with E-state index in [1.54, 1.807) is 6.21 Å². The predicted molar refractivity (Wildman–Crippen MR) is 96.6 cm³/mol. The van der Waals surface area contributed by atoms with Gasteiger partial charge < -0.3 is 5.84 Å². The van der Waals surface area contributed by atoms with E-state index >= 15 is 0 Å². The third kappa shape index (κ3) is 3.17. The molecular weight excluding hydrogens is 300 g/mol. The molecule has 0 aliphatic heterocycles. The van der Waals surface area contributed by atoms with Crippen LogP contribution in [0.1, 0.15) is 5.56 Å². The van der Waals surface area contributed by atoms with Crippen LogP contribution in [0.3, 0.4) is 0 Å². The van der Waals surface area contributed by atoms with E-state index in [-0.39, 0.29) is 0 Å². The molecule has 3 aromatic rings. The molecule has 0 atom stereocenters. The quantitative estimate of drug-likeness (QED) is 0.182. The van der Waals surface area contributed by atoms with Gasteiger partial charge in [0.2, 0.25) is 0 Å². The fourth-order valence-electron chi connectivity index (χ4n) is 2.58. The zero-order valence-corrected chi connectivity index (χ0v) is 13.2. The van der Waals surface area contributed by atoms with Crippen LogP contribution in [-0.4, -0.2) is 17.1 Å². The third-order valence-corrected chi connectivity index (χ3v) is 3.63. The minimum absolute atomic E-state index is 0.751. The first-order valence-corrected chi connectivity index (χ1v) is 7.54. The van der Waals surface area contributed by atoms with E-state index in [1.165, 1.54) is 6.34 Å². The fraction of sp³-hybridized carbons (Fsp3) is 0.0556. The summed E-state index contributed by atoms with van der Waals surface area (Å²) < 4.78 is 4.35. The van der Waals surface area contributed by atoms with Gasteiger partial charge in [-0.15, -0.1) is 0 Å². The van der Waals surface area contributed by atoms with Crippen LogP contribution in [0, 0.1) is 0 Å². The summed E-state index contributed by atoms with van der Waals surface area (Å²) in [5, 5.41) is 7.29. The van der Waals surface area contributed by atoms with Crippen molar-refractivity contribution < 1.29 is 4.40 Å². The topological polar surface area (TPSA) is 71.8 Å². The molecule has 1 aromatic carbocycles. The zero-order valence-electron chi connectivity index (χ0n) is 13.2. The number of hydrazone groups is 2. The molecule has 2 aromatic heterocycles. The number of fused-ring (bicyclic) bond motifs is 1. The van der Waals surface area contributed by atoms with Gasteiger partial charge in [0.25, 0.3) is 5.65 Å². The summed E-state index contributed by atoms with van der Waals surface area (Å²) in [4.78, 5) is 0. The molecule has 6 nitrogen and oxygen atoms in total. The van der Waals surface area contributed by atoms with Gasteiger partial charge in [-0.1, -0.05) is 30.9 Å². The first kappa shape index (κ1) is 15.5. The van der Waals surface area contributed by atoms with Crippen molar-refractivity contribution in [3.63, 3.8) is 0 Å². The van der Waals surface area contributed by atoms with Crippen LogP contribution in [0.25, 0.3) is 16.9 Å². The molecule has 0 aliphatic carbocycles. The molecule has 0 bridgehead atoms. The number of allylic oxidation sites excluding steroid dienone is 1. The number of pyridine rings is 1. The Morgan fingerprint density at radius 2 is 2.04 bits per heavy atom. The Balaban J connectivity index is 1.94. The number of nitrogens with one attached hydrogen (secondary N) is 1. The SMILES string of the molecule is C=CCn1c(-c2ccc(/C=N\NC=NN)cc2)c[n+]2ccccc12. The van der Waals surface area contributed by atoms with Gasteiger partial charge in [-0.3, -0.25) is 5.43 Å². The number of aromatic nitrogens is 2. The molecule has 0 fully saturated rings. The van der Waals surface area contributed by atoms with Crippen molar-refractivity contribution in [3.8, 4) is 11.3 Å². The molecular formula is C18H19N6+. The Hall–Kier alpha value is -3.41. The number of benzene rings is 1. The maximum atomic E-state index is 4.98. The molecule has 0 amide bonds. The second kappa shape index (κ2) is 7.23. The lowest BCUT2D eigenvalue weighted by Gasteiger charge is -2.01. The van der Waals surface area contributed by atoms with Crippen LogP contribution in [0.15, 0.2) is 77.7 Å². The van der Waals surface area contributed by atoms with Crippen molar-refractivity contribution in [1.82, 2.24) is 9.99 Å². The molecule has 3 rings (SSSR count). The highest BCUT2D eigenvalue weighted by molar-refractivity contribution is 5.81. The van der Waals surface area contributed by atoms with Crippen LogP contribution in [-0.2, 0) is 6.54 Å². The zero-order chi connectivity index (χ0) is 16.8. The summed E-state index contributed by atoms with van der Waals surface area (Å²) in [6.45, 7) is 4.62. The van der Waals surface area contributed by atoms with Crippen molar-refractivity contribution in [2.75, 3.05) is 0 Å². The molecule has 2 heterocycles. The van der Waals surface area contributed by atoms with E-state index in [9.17, 15) is 0 Å². The maximum absolute atomic E-state index is 4.98. The summed E-state index contributed by atoms with van der Waals surface area (Å²) in [5.41, 5.74) is 6.99. The van der Waals surface area contributed by atoms with Gasteiger partial charge in [-0.25, -0.2) is 8.97 Å². The van der Waals surface area contributed by atoms with E-state index in [0.717, 1.165) is 29.0 Å². The molecule has 24 heavy (non-hydrogen) atoms. The van der Waals surface area contributed by atoms with Gasteiger partial charge >= 0.3 is 0 Å². The number of hydrogen-bond acceptors (Lipinski definition) is 3. The minimum Gasteiger partial charge on any atom is -0.322 e. The van der Waals surface area contributed by atoms with Gasteiger partial charge in [-0.05, 0) is 23.8 Å². The van der Waals surface area contributed by atoms with Gasteiger partial charge in [-0.2, -0.15) is 10.2 Å². The summed E-state index contributed by atoms with van der Waals surface area (Å²) in [7, 11) is 0. The molecule has 3 N–H and O–H groups in total. The number of rotatable bonds is 6. The van der Waals surface area contributed by atoms with Crippen molar-refractivity contribution >= 4 is 18.2 Å². The normalized spacial score (nSPS) is 11.5. The van der Waals surface area contributed by atoms with E-state index in [4.69, 9.17) is 5.84 Å². The molecule has 120 valence electrons. The number of nitrogens with zero attached hydrogens (tertiary/aromatic N) is 4. The van der Waals surface area contributed by atoms with Gasteiger partial charge in [0.15, 0.2) is 5.69 Å². The molecule has 0 unspecified atom stereocenters. The van der Waals surface area contributed by atoms with E-state index in [1.807, 2.05) is 36.5 Å². The first-order chi connectivity index (χ1) is 11.8. The van der Waals surface area contributed by atoms with E-state index < -0.39 is 0 Å². The highest BCUT2D eigenvalue weighted by atomic mass is 15.3. The summed E-state index contributed by atoms with van der Waals surface area (Å²) in [6.07, 6.45) is 9.10. The van der Waals surface area contributed by atoms with E-state index in [0.29, 0.717) is 0 Å². The van der Waals surface area contributed by atoms with Gasteiger partial charge in [0.05, 0.1) is 12.4 Å². The van der Waals surface area contributed by atoms with Gasteiger partial charge in [0, 0.05) is 11.6 Å². The average Bonchev–Trinajstić information content (AvgIpc) is 2.99.